The Morgan fingerprint density at radius 3 is 2.86 bits per heavy atom. The number of fused-ring (bicyclic) bond motifs is 1. The van der Waals surface area contributed by atoms with E-state index >= 15 is 0 Å². The smallest absolute Gasteiger partial charge is 0.148 e. The maximum atomic E-state index is 14.0. The molecule has 2 aromatic carbocycles. The maximum absolute atomic E-state index is 14.0. The van der Waals surface area contributed by atoms with Crippen molar-refractivity contribution < 1.29 is 4.39 Å². The molecule has 0 saturated heterocycles. The summed E-state index contributed by atoms with van der Waals surface area (Å²) in [5.41, 5.74) is 8.01. The SMILES string of the molecule is Cc1c(Nc2c(F)ccc(N)c2Cl)ccc2c1=CN(C)CN=2. The van der Waals surface area contributed by atoms with E-state index < -0.39 is 5.82 Å². The topological polar surface area (TPSA) is 53.6 Å². The summed E-state index contributed by atoms with van der Waals surface area (Å²) in [4.78, 5) is 6.47. The van der Waals surface area contributed by atoms with E-state index in [-0.39, 0.29) is 10.7 Å². The number of nitrogens with two attached hydrogens (primary N) is 1. The third kappa shape index (κ3) is 2.48. The van der Waals surface area contributed by atoms with Gasteiger partial charge >= 0.3 is 0 Å². The van der Waals surface area contributed by atoms with Crippen molar-refractivity contribution in [3.8, 4) is 0 Å². The standard InChI is InChI=1S/C16H16ClFN4/c1-9-10-7-22(2)8-20-14(10)6-5-13(9)21-16-11(18)3-4-12(19)15(16)17/h3-7,21H,8,19H2,1-2H3. The molecule has 4 nitrogen and oxygen atoms in total. The molecule has 114 valence electrons. The predicted octanol–water partition coefficient (Wildman–Crippen LogP) is 2.37. The number of hydrogen-bond acceptors (Lipinski definition) is 4. The summed E-state index contributed by atoms with van der Waals surface area (Å²) in [6, 6.07) is 6.53. The number of anilines is 3. The Kier molecular flexibility index (Phi) is 3.66. The summed E-state index contributed by atoms with van der Waals surface area (Å²) in [6.07, 6.45) is 2.03. The van der Waals surface area contributed by atoms with Crippen LogP contribution in [0.2, 0.25) is 5.02 Å². The Morgan fingerprint density at radius 2 is 2.09 bits per heavy atom. The van der Waals surface area contributed by atoms with Gasteiger partial charge in [0.15, 0.2) is 0 Å². The van der Waals surface area contributed by atoms with E-state index in [1.165, 1.54) is 12.1 Å². The molecular weight excluding hydrogens is 303 g/mol. The molecule has 0 radical (unpaired) electrons. The number of benzene rings is 2. The van der Waals surface area contributed by atoms with Crippen LogP contribution in [0.4, 0.5) is 21.5 Å². The molecule has 0 amide bonds. The van der Waals surface area contributed by atoms with Crippen molar-refractivity contribution in [2.75, 3.05) is 24.8 Å². The molecule has 1 aliphatic rings. The lowest BCUT2D eigenvalue weighted by Gasteiger charge is -2.18. The summed E-state index contributed by atoms with van der Waals surface area (Å²) in [7, 11) is 1.96. The molecule has 22 heavy (non-hydrogen) atoms. The van der Waals surface area contributed by atoms with Gasteiger partial charge in [-0.3, -0.25) is 4.99 Å². The summed E-state index contributed by atoms with van der Waals surface area (Å²) >= 11 is 6.11. The van der Waals surface area contributed by atoms with E-state index in [0.717, 1.165) is 21.8 Å². The van der Waals surface area contributed by atoms with E-state index in [1.54, 1.807) is 0 Å². The number of rotatable bonds is 2. The molecule has 0 spiro atoms. The van der Waals surface area contributed by atoms with Crippen molar-refractivity contribution in [1.29, 1.82) is 0 Å². The highest BCUT2D eigenvalue weighted by Crippen LogP contribution is 2.33. The molecule has 0 aliphatic carbocycles. The van der Waals surface area contributed by atoms with Gasteiger partial charge in [-0.25, -0.2) is 4.39 Å². The van der Waals surface area contributed by atoms with Gasteiger partial charge in [0, 0.05) is 24.2 Å². The van der Waals surface area contributed by atoms with Gasteiger partial charge < -0.3 is 16.0 Å². The Morgan fingerprint density at radius 1 is 1.32 bits per heavy atom. The Bertz CT molecular complexity index is 863. The van der Waals surface area contributed by atoms with Gasteiger partial charge in [0.2, 0.25) is 0 Å². The molecule has 0 bridgehead atoms. The van der Waals surface area contributed by atoms with Gasteiger partial charge in [0.05, 0.1) is 21.8 Å². The third-order valence-corrected chi connectivity index (χ3v) is 4.09. The normalized spacial score (nSPS) is 13.2. The second-order valence-corrected chi connectivity index (χ2v) is 5.69. The Labute approximate surface area is 132 Å². The highest BCUT2D eigenvalue weighted by atomic mass is 35.5. The highest BCUT2D eigenvalue weighted by molar-refractivity contribution is 6.35. The lowest BCUT2D eigenvalue weighted by atomic mass is 10.1. The van der Waals surface area contributed by atoms with Gasteiger partial charge in [0.25, 0.3) is 0 Å². The molecule has 0 unspecified atom stereocenters. The van der Waals surface area contributed by atoms with Crippen molar-refractivity contribution >= 4 is 34.9 Å². The fraction of sp³-hybridized carbons (Fsp3) is 0.188. The Hall–Kier alpha value is -2.27. The molecule has 1 heterocycles. The molecule has 3 rings (SSSR count). The van der Waals surface area contributed by atoms with Crippen molar-refractivity contribution in [1.82, 2.24) is 4.90 Å². The minimum atomic E-state index is -0.442. The van der Waals surface area contributed by atoms with Crippen LogP contribution in [0.5, 0.6) is 0 Å². The second-order valence-electron chi connectivity index (χ2n) is 5.31. The first-order chi connectivity index (χ1) is 10.5. The van der Waals surface area contributed by atoms with Crippen molar-refractivity contribution in [3.05, 3.63) is 51.2 Å². The molecule has 0 saturated carbocycles. The van der Waals surface area contributed by atoms with Crippen LogP contribution in [0.3, 0.4) is 0 Å². The van der Waals surface area contributed by atoms with Crippen LogP contribution in [0.25, 0.3) is 6.20 Å². The van der Waals surface area contributed by atoms with E-state index in [0.29, 0.717) is 12.4 Å². The van der Waals surface area contributed by atoms with Crippen LogP contribution in [0.1, 0.15) is 5.56 Å². The molecule has 6 heteroatoms. The first kappa shape index (κ1) is 14.7. The Balaban J connectivity index is 2.11. The fourth-order valence-electron chi connectivity index (χ4n) is 2.42. The minimum Gasteiger partial charge on any atom is -0.397 e. The number of nitrogen functional groups attached to an aromatic ring is 1. The van der Waals surface area contributed by atoms with E-state index in [9.17, 15) is 4.39 Å². The zero-order valence-electron chi connectivity index (χ0n) is 12.3. The molecule has 1 aliphatic heterocycles. The second kappa shape index (κ2) is 5.50. The molecule has 3 N–H and O–H groups in total. The summed E-state index contributed by atoms with van der Waals surface area (Å²) in [5.74, 6) is -0.442. The molecule has 2 aromatic rings. The van der Waals surface area contributed by atoms with Gasteiger partial charge in [-0.2, -0.15) is 0 Å². The number of hydrogen-bond donors (Lipinski definition) is 2. The zero-order valence-corrected chi connectivity index (χ0v) is 13.1. The van der Waals surface area contributed by atoms with E-state index in [1.807, 2.05) is 37.2 Å². The predicted molar refractivity (Wildman–Crippen MR) is 88.2 cm³/mol. The molecule has 0 atom stereocenters. The summed E-state index contributed by atoms with van der Waals surface area (Å²) in [5, 5.41) is 5.17. The average molecular weight is 319 g/mol. The van der Waals surface area contributed by atoms with Crippen molar-refractivity contribution in [2.45, 2.75) is 6.92 Å². The van der Waals surface area contributed by atoms with Gasteiger partial charge in [-0.05, 0) is 36.8 Å². The molecular formula is C16H16ClFN4. The highest BCUT2D eigenvalue weighted by Gasteiger charge is 2.13. The fourth-order valence-corrected chi connectivity index (χ4v) is 2.62. The van der Waals surface area contributed by atoms with Crippen LogP contribution in [-0.4, -0.2) is 18.6 Å². The van der Waals surface area contributed by atoms with Gasteiger partial charge in [-0.15, -0.1) is 0 Å². The maximum Gasteiger partial charge on any atom is 0.148 e. The number of halogens is 2. The van der Waals surface area contributed by atoms with Crippen LogP contribution in [-0.2, 0) is 0 Å². The number of nitrogens with zero attached hydrogens (tertiary/aromatic N) is 2. The summed E-state index contributed by atoms with van der Waals surface area (Å²) < 4.78 is 14.0. The lowest BCUT2D eigenvalue weighted by Crippen LogP contribution is -2.36. The van der Waals surface area contributed by atoms with E-state index in [2.05, 4.69) is 10.3 Å². The minimum absolute atomic E-state index is 0.183. The lowest BCUT2D eigenvalue weighted by molar-refractivity contribution is 0.498. The average Bonchev–Trinajstić information content (AvgIpc) is 2.50. The zero-order chi connectivity index (χ0) is 15.9. The van der Waals surface area contributed by atoms with Crippen molar-refractivity contribution in [2.24, 2.45) is 4.99 Å². The number of nitrogens with one attached hydrogen (secondary N) is 1. The monoisotopic (exact) mass is 318 g/mol. The summed E-state index contributed by atoms with van der Waals surface area (Å²) in [6.45, 7) is 2.60. The van der Waals surface area contributed by atoms with E-state index in [4.69, 9.17) is 17.3 Å². The van der Waals surface area contributed by atoms with Gasteiger partial charge in [-0.1, -0.05) is 11.6 Å². The molecule has 0 fully saturated rings. The largest absolute Gasteiger partial charge is 0.397 e. The van der Waals surface area contributed by atoms with Crippen LogP contribution in [0.15, 0.2) is 29.3 Å². The first-order valence-corrected chi connectivity index (χ1v) is 7.22. The quantitative estimate of drug-likeness (QED) is 0.836. The third-order valence-electron chi connectivity index (χ3n) is 3.69. The van der Waals surface area contributed by atoms with Gasteiger partial charge in [0.1, 0.15) is 12.5 Å². The van der Waals surface area contributed by atoms with Crippen LogP contribution >= 0.6 is 11.6 Å². The van der Waals surface area contributed by atoms with Crippen LogP contribution in [0, 0.1) is 12.7 Å². The van der Waals surface area contributed by atoms with Crippen molar-refractivity contribution in [3.63, 3.8) is 0 Å². The first-order valence-electron chi connectivity index (χ1n) is 6.84. The molecule has 0 aromatic heterocycles. The van der Waals surface area contributed by atoms with Crippen LogP contribution < -0.4 is 21.6 Å².